The van der Waals surface area contributed by atoms with Crippen LogP contribution in [0.3, 0.4) is 0 Å². The number of thioether (sulfide) groups is 1. The smallest absolute Gasteiger partial charge is 0.252 e. The predicted octanol–water partition coefficient (Wildman–Crippen LogP) is 3.89. The van der Waals surface area contributed by atoms with E-state index in [9.17, 15) is 9.59 Å². The maximum Gasteiger partial charge on any atom is 0.252 e. The lowest BCUT2D eigenvalue weighted by atomic mass is 10.2. The van der Waals surface area contributed by atoms with Gasteiger partial charge in [-0.25, -0.2) is 0 Å². The fourth-order valence-corrected chi connectivity index (χ4v) is 3.26. The molecule has 2 amide bonds. The molecule has 0 saturated heterocycles. The van der Waals surface area contributed by atoms with E-state index in [4.69, 9.17) is 11.6 Å². The van der Waals surface area contributed by atoms with E-state index in [0.717, 1.165) is 10.5 Å². The third kappa shape index (κ3) is 6.11. The van der Waals surface area contributed by atoms with Crippen molar-refractivity contribution in [1.82, 2.24) is 10.6 Å². The van der Waals surface area contributed by atoms with Crippen molar-refractivity contribution in [3.05, 3.63) is 64.7 Å². The molecule has 0 saturated carbocycles. The van der Waals surface area contributed by atoms with Gasteiger partial charge in [-0.3, -0.25) is 9.59 Å². The summed E-state index contributed by atoms with van der Waals surface area (Å²) >= 11 is 7.46. The molecule has 132 valence electrons. The van der Waals surface area contributed by atoms with Gasteiger partial charge >= 0.3 is 0 Å². The third-order valence-electron chi connectivity index (χ3n) is 3.34. The van der Waals surface area contributed by atoms with Gasteiger partial charge in [-0.2, -0.15) is 0 Å². The highest BCUT2D eigenvalue weighted by Gasteiger charge is 2.13. The summed E-state index contributed by atoms with van der Waals surface area (Å²) in [6.45, 7) is 4.18. The van der Waals surface area contributed by atoms with Crippen LogP contribution in [-0.4, -0.2) is 23.6 Å². The molecular weight excluding hydrogens is 356 g/mol. The topological polar surface area (TPSA) is 58.2 Å². The Labute approximate surface area is 157 Å². The summed E-state index contributed by atoms with van der Waals surface area (Å²) in [7, 11) is 0. The molecule has 0 heterocycles. The molecule has 4 nitrogen and oxygen atoms in total. The van der Waals surface area contributed by atoms with E-state index in [1.807, 2.05) is 50.2 Å². The van der Waals surface area contributed by atoms with Crippen molar-refractivity contribution in [2.75, 3.05) is 5.75 Å². The number of amides is 2. The molecule has 0 aliphatic carbocycles. The maximum atomic E-state index is 12.5. The van der Waals surface area contributed by atoms with E-state index < -0.39 is 0 Å². The normalized spacial score (nSPS) is 10.6. The molecule has 25 heavy (non-hydrogen) atoms. The lowest BCUT2D eigenvalue weighted by Crippen LogP contribution is -2.31. The van der Waals surface area contributed by atoms with Gasteiger partial charge in [0.15, 0.2) is 0 Å². The number of carbonyl (C=O) groups excluding carboxylic acids is 2. The molecule has 2 aromatic carbocycles. The van der Waals surface area contributed by atoms with Gasteiger partial charge in [0.1, 0.15) is 0 Å². The molecule has 0 fully saturated rings. The second kappa shape index (κ2) is 9.49. The Bertz CT molecular complexity index is 750. The zero-order chi connectivity index (χ0) is 18.2. The highest BCUT2D eigenvalue weighted by atomic mass is 35.5. The Morgan fingerprint density at radius 3 is 2.48 bits per heavy atom. The van der Waals surface area contributed by atoms with Gasteiger partial charge in [-0.1, -0.05) is 41.9 Å². The first-order valence-corrected chi connectivity index (χ1v) is 9.36. The Balaban J connectivity index is 2.00. The van der Waals surface area contributed by atoms with Crippen LogP contribution in [0.4, 0.5) is 0 Å². The first-order chi connectivity index (χ1) is 12.0. The van der Waals surface area contributed by atoms with E-state index in [0.29, 0.717) is 17.1 Å². The van der Waals surface area contributed by atoms with E-state index in [-0.39, 0.29) is 23.6 Å². The van der Waals surface area contributed by atoms with Crippen molar-refractivity contribution < 1.29 is 9.59 Å². The first-order valence-electron chi connectivity index (χ1n) is 8.00. The Morgan fingerprint density at radius 1 is 1.08 bits per heavy atom. The van der Waals surface area contributed by atoms with Crippen molar-refractivity contribution in [3.63, 3.8) is 0 Å². The number of hydrogen-bond donors (Lipinski definition) is 2. The molecule has 0 radical (unpaired) electrons. The fourth-order valence-electron chi connectivity index (χ4n) is 2.20. The van der Waals surface area contributed by atoms with Crippen LogP contribution in [-0.2, 0) is 11.3 Å². The van der Waals surface area contributed by atoms with Crippen LogP contribution in [0.25, 0.3) is 0 Å². The van der Waals surface area contributed by atoms with Crippen LogP contribution >= 0.6 is 23.4 Å². The molecule has 0 aromatic heterocycles. The van der Waals surface area contributed by atoms with Gasteiger partial charge in [0.2, 0.25) is 5.91 Å². The van der Waals surface area contributed by atoms with Crippen LogP contribution in [0.5, 0.6) is 0 Å². The fraction of sp³-hybridized carbons (Fsp3) is 0.263. The zero-order valence-corrected chi connectivity index (χ0v) is 15.8. The lowest BCUT2D eigenvalue weighted by molar-refractivity contribution is -0.119. The van der Waals surface area contributed by atoms with E-state index >= 15 is 0 Å². The summed E-state index contributed by atoms with van der Waals surface area (Å²) in [6.07, 6.45) is 0. The summed E-state index contributed by atoms with van der Waals surface area (Å²) in [5.41, 5.74) is 1.41. The second-order valence-corrected chi connectivity index (χ2v) is 7.21. The Hall–Kier alpha value is -1.98. The minimum atomic E-state index is -0.188. The van der Waals surface area contributed by atoms with Gasteiger partial charge in [0.25, 0.3) is 5.91 Å². The van der Waals surface area contributed by atoms with Gasteiger partial charge in [-0.15, -0.1) is 11.8 Å². The van der Waals surface area contributed by atoms with E-state index in [1.165, 1.54) is 11.8 Å². The molecule has 0 spiro atoms. The summed E-state index contributed by atoms with van der Waals surface area (Å²) in [4.78, 5) is 25.1. The lowest BCUT2D eigenvalue weighted by Gasteiger charge is -2.11. The molecule has 0 bridgehead atoms. The number of carbonyl (C=O) groups is 2. The van der Waals surface area contributed by atoms with Crippen LogP contribution in [0, 0.1) is 0 Å². The van der Waals surface area contributed by atoms with Crippen LogP contribution in [0.1, 0.15) is 29.8 Å². The van der Waals surface area contributed by atoms with E-state index in [2.05, 4.69) is 10.6 Å². The van der Waals surface area contributed by atoms with Crippen molar-refractivity contribution in [3.8, 4) is 0 Å². The second-order valence-electron chi connectivity index (χ2n) is 5.78. The molecule has 2 aromatic rings. The van der Waals surface area contributed by atoms with Gasteiger partial charge < -0.3 is 10.6 Å². The number of rotatable bonds is 7. The van der Waals surface area contributed by atoms with Gasteiger partial charge in [0, 0.05) is 22.5 Å². The number of benzene rings is 2. The van der Waals surface area contributed by atoms with Crippen molar-refractivity contribution in [1.29, 1.82) is 0 Å². The molecule has 2 N–H and O–H groups in total. The van der Waals surface area contributed by atoms with Crippen LogP contribution in [0.2, 0.25) is 5.02 Å². The minimum Gasteiger partial charge on any atom is -0.353 e. The van der Waals surface area contributed by atoms with Crippen molar-refractivity contribution >= 4 is 35.2 Å². The quantitative estimate of drug-likeness (QED) is 0.721. The number of nitrogens with one attached hydrogen (secondary N) is 2. The van der Waals surface area contributed by atoms with Gasteiger partial charge in [0.05, 0.1) is 11.3 Å². The minimum absolute atomic E-state index is 0.0497. The summed E-state index contributed by atoms with van der Waals surface area (Å²) in [5, 5.41) is 6.34. The van der Waals surface area contributed by atoms with Crippen LogP contribution < -0.4 is 10.6 Å². The summed E-state index contributed by atoms with van der Waals surface area (Å²) < 4.78 is 0. The molecule has 0 atom stereocenters. The summed E-state index contributed by atoms with van der Waals surface area (Å²) in [6, 6.07) is 14.8. The average Bonchev–Trinajstić information content (AvgIpc) is 2.58. The van der Waals surface area contributed by atoms with Gasteiger partial charge in [-0.05, 0) is 37.6 Å². The molecular formula is C19H21ClN2O2S. The molecule has 2 rings (SSSR count). The SMILES string of the molecule is CC(C)NC(=O)CSc1ccccc1C(=O)NCc1ccccc1Cl. The highest BCUT2D eigenvalue weighted by molar-refractivity contribution is 8.00. The number of hydrogen-bond acceptors (Lipinski definition) is 3. The van der Waals surface area contributed by atoms with Crippen LogP contribution in [0.15, 0.2) is 53.4 Å². The molecule has 0 unspecified atom stereocenters. The standard InChI is InChI=1S/C19H21ClN2O2S/c1-13(2)22-18(23)12-25-17-10-6-4-8-15(17)19(24)21-11-14-7-3-5-9-16(14)20/h3-10,13H,11-12H2,1-2H3,(H,21,24)(H,22,23). The maximum absolute atomic E-state index is 12.5. The number of halogens is 1. The third-order valence-corrected chi connectivity index (χ3v) is 4.78. The van der Waals surface area contributed by atoms with E-state index in [1.54, 1.807) is 12.1 Å². The molecule has 6 heteroatoms. The Kier molecular flexibility index (Phi) is 7.34. The highest BCUT2D eigenvalue weighted by Crippen LogP contribution is 2.23. The van der Waals surface area contributed by atoms with Crippen molar-refractivity contribution in [2.45, 2.75) is 31.3 Å². The summed E-state index contributed by atoms with van der Waals surface area (Å²) in [5.74, 6) is 0.0334. The predicted molar refractivity (Wildman–Crippen MR) is 103 cm³/mol. The largest absolute Gasteiger partial charge is 0.353 e. The molecule has 0 aliphatic heterocycles. The monoisotopic (exact) mass is 376 g/mol. The zero-order valence-electron chi connectivity index (χ0n) is 14.2. The molecule has 0 aliphatic rings. The Morgan fingerprint density at radius 2 is 1.76 bits per heavy atom. The average molecular weight is 377 g/mol. The van der Waals surface area contributed by atoms with Crippen molar-refractivity contribution in [2.24, 2.45) is 0 Å². The first kappa shape index (κ1) is 19.3.